The van der Waals surface area contributed by atoms with Gasteiger partial charge in [-0.15, -0.1) is 11.3 Å². The predicted molar refractivity (Wildman–Crippen MR) is 102 cm³/mol. The minimum Gasteiger partial charge on any atom is -0.396 e. The largest absolute Gasteiger partial charge is 0.396 e. The van der Waals surface area contributed by atoms with E-state index in [0.29, 0.717) is 21.1 Å². The van der Waals surface area contributed by atoms with Crippen LogP contribution in [0.4, 0.5) is 20.5 Å². The van der Waals surface area contributed by atoms with Gasteiger partial charge in [0, 0.05) is 18.7 Å². The molecule has 0 unspecified atom stereocenters. The van der Waals surface area contributed by atoms with Crippen molar-refractivity contribution in [2.45, 2.75) is 25.3 Å². The average molecular weight is 412 g/mol. The van der Waals surface area contributed by atoms with Crippen molar-refractivity contribution in [3.05, 3.63) is 28.9 Å². The Morgan fingerprint density at radius 2 is 2.07 bits per heavy atom. The molecule has 0 radical (unpaired) electrons. The summed E-state index contributed by atoms with van der Waals surface area (Å²) in [7, 11) is 0. The quantitative estimate of drug-likeness (QED) is 0.564. The molecule has 0 aliphatic heterocycles. The molecule has 142 valence electrons. The van der Waals surface area contributed by atoms with Crippen LogP contribution in [0.1, 0.15) is 19.3 Å². The van der Waals surface area contributed by atoms with Crippen LogP contribution in [0.15, 0.2) is 12.1 Å². The SMILES string of the molecule is Nc1nc(Cl)c(-c2nc3c(F)cc(F)cc3s2)c(N[C@H]2CC[C@@H](CO)C2)n1. The fourth-order valence-corrected chi connectivity index (χ4v) is 4.75. The fraction of sp³-hybridized carbons (Fsp3) is 0.353. The summed E-state index contributed by atoms with van der Waals surface area (Å²) in [5.41, 5.74) is 6.21. The molecule has 4 rings (SSSR count). The molecule has 0 spiro atoms. The Kier molecular flexibility index (Phi) is 4.83. The van der Waals surface area contributed by atoms with Crippen LogP contribution in [0.2, 0.25) is 5.15 Å². The molecule has 6 nitrogen and oxygen atoms in total. The number of halogens is 3. The van der Waals surface area contributed by atoms with Crippen LogP contribution in [0.3, 0.4) is 0 Å². The highest BCUT2D eigenvalue weighted by Gasteiger charge is 2.27. The van der Waals surface area contributed by atoms with Crippen LogP contribution in [-0.2, 0) is 0 Å². The molecule has 1 aliphatic carbocycles. The topological polar surface area (TPSA) is 97.0 Å². The zero-order valence-corrected chi connectivity index (χ0v) is 15.6. The van der Waals surface area contributed by atoms with Gasteiger partial charge in [0.1, 0.15) is 27.3 Å². The van der Waals surface area contributed by atoms with Gasteiger partial charge in [0.05, 0.1) is 10.3 Å². The fourth-order valence-electron chi connectivity index (χ4n) is 3.37. The van der Waals surface area contributed by atoms with Gasteiger partial charge in [-0.3, -0.25) is 0 Å². The van der Waals surface area contributed by atoms with Crippen LogP contribution < -0.4 is 11.1 Å². The Bertz CT molecular complexity index is 1010. The molecule has 0 amide bonds. The summed E-state index contributed by atoms with van der Waals surface area (Å²) in [5, 5.41) is 13.1. The second-order valence-electron chi connectivity index (χ2n) is 6.55. The van der Waals surface area contributed by atoms with Crippen LogP contribution in [0.25, 0.3) is 20.8 Å². The summed E-state index contributed by atoms with van der Waals surface area (Å²) in [4.78, 5) is 12.5. The van der Waals surface area contributed by atoms with Gasteiger partial charge in [-0.05, 0) is 31.2 Å². The Labute approximate surface area is 162 Å². The first-order valence-electron chi connectivity index (χ1n) is 8.41. The van der Waals surface area contributed by atoms with Gasteiger partial charge >= 0.3 is 0 Å². The Hall–Kier alpha value is -2.10. The van der Waals surface area contributed by atoms with Crippen LogP contribution >= 0.6 is 22.9 Å². The molecule has 3 aromatic rings. The van der Waals surface area contributed by atoms with E-state index in [0.717, 1.165) is 36.7 Å². The van der Waals surface area contributed by atoms with Gasteiger partial charge in [-0.25, -0.2) is 18.7 Å². The number of rotatable bonds is 4. The van der Waals surface area contributed by atoms with E-state index < -0.39 is 11.6 Å². The Morgan fingerprint density at radius 1 is 1.26 bits per heavy atom. The lowest BCUT2D eigenvalue weighted by molar-refractivity contribution is 0.229. The first-order chi connectivity index (χ1) is 12.9. The zero-order chi connectivity index (χ0) is 19.1. The molecule has 2 atom stereocenters. The van der Waals surface area contributed by atoms with E-state index in [1.807, 2.05) is 0 Å². The predicted octanol–water partition coefficient (Wildman–Crippen LogP) is 3.84. The minimum absolute atomic E-state index is 0.00120. The van der Waals surface area contributed by atoms with Crippen LogP contribution in [0.5, 0.6) is 0 Å². The highest BCUT2D eigenvalue weighted by atomic mass is 35.5. The third-order valence-corrected chi connectivity index (χ3v) is 5.94. The molecule has 0 saturated heterocycles. The monoisotopic (exact) mass is 411 g/mol. The van der Waals surface area contributed by atoms with Crippen molar-refractivity contribution >= 4 is 44.9 Å². The molecular weight excluding hydrogens is 396 g/mol. The minimum atomic E-state index is -0.740. The number of hydrogen-bond donors (Lipinski definition) is 3. The molecule has 10 heteroatoms. The van der Waals surface area contributed by atoms with Gasteiger partial charge in [-0.2, -0.15) is 4.98 Å². The van der Waals surface area contributed by atoms with Crippen LogP contribution in [0, 0.1) is 17.6 Å². The van der Waals surface area contributed by atoms with E-state index in [9.17, 15) is 13.9 Å². The normalized spacial score (nSPS) is 19.7. The van der Waals surface area contributed by atoms with Gasteiger partial charge in [0.15, 0.2) is 5.82 Å². The van der Waals surface area contributed by atoms with E-state index in [-0.39, 0.29) is 35.2 Å². The summed E-state index contributed by atoms with van der Waals surface area (Å²) >= 11 is 7.40. The van der Waals surface area contributed by atoms with E-state index in [1.165, 1.54) is 6.07 Å². The average Bonchev–Trinajstić information content (AvgIpc) is 3.21. The lowest BCUT2D eigenvalue weighted by Gasteiger charge is -2.16. The van der Waals surface area contributed by atoms with Gasteiger partial charge in [0.2, 0.25) is 5.95 Å². The maximum absolute atomic E-state index is 14.0. The number of benzene rings is 1. The van der Waals surface area contributed by atoms with E-state index in [4.69, 9.17) is 17.3 Å². The lowest BCUT2D eigenvalue weighted by Crippen LogP contribution is -2.18. The molecule has 1 aromatic carbocycles. The number of nitrogens with one attached hydrogen (secondary N) is 1. The van der Waals surface area contributed by atoms with Crippen molar-refractivity contribution < 1.29 is 13.9 Å². The third kappa shape index (κ3) is 3.54. The Balaban J connectivity index is 1.77. The maximum Gasteiger partial charge on any atom is 0.223 e. The molecule has 0 bridgehead atoms. The maximum atomic E-state index is 14.0. The van der Waals surface area contributed by atoms with Crippen molar-refractivity contribution in [2.75, 3.05) is 17.7 Å². The molecule has 4 N–H and O–H groups in total. The summed E-state index contributed by atoms with van der Waals surface area (Å²) in [6.07, 6.45) is 2.56. The number of thiazole rings is 1. The second kappa shape index (κ2) is 7.14. The highest BCUT2D eigenvalue weighted by molar-refractivity contribution is 7.21. The lowest BCUT2D eigenvalue weighted by atomic mass is 10.1. The van der Waals surface area contributed by atoms with E-state index >= 15 is 0 Å². The van der Waals surface area contributed by atoms with E-state index in [2.05, 4.69) is 20.3 Å². The molecular formula is C17H16ClF2N5OS. The van der Waals surface area contributed by atoms with Gasteiger partial charge in [-0.1, -0.05) is 11.6 Å². The summed E-state index contributed by atoms with van der Waals surface area (Å²) in [6, 6.07) is 2.11. The first-order valence-corrected chi connectivity index (χ1v) is 9.60. The van der Waals surface area contributed by atoms with Gasteiger partial charge in [0.25, 0.3) is 0 Å². The number of aromatic nitrogens is 3. The summed E-state index contributed by atoms with van der Waals surface area (Å²) < 4.78 is 27.9. The number of anilines is 2. The molecule has 1 fully saturated rings. The number of nitrogen functional groups attached to an aromatic ring is 1. The molecule has 2 heterocycles. The number of aliphatic hydroxyl groups is 1. The standard InChI is InChI=1S/C17H16ClF2N5OS/c18-14-12(16-23-13-10(20)4-8(19)5-11(13)27-16)15(25-17(21)24-14)22-9-2-1-7(3-9)6-26/h4-5,7,9,26H,1-3,6H2,(H3,21,22,24,25)/t7-,9+/m1/s1. The third-order valence-electron chi connectivity index (χ3n) is 4.65. The smallest absolute Gasteiger partial charge is 0.223 e. The Morgan fingerprint density at radius 3 is 2.81 bits per heavy atom. The number of aliphatic hydroxyl groups excluding tert-OH is 1. The molecule has 1 aliphatic rings. The van der Waals surface area contributed by atoms with Gasteiger partial charge < -0.3 is 16.2 Å². The highest BCUT2D eigenvalue weighted by Crippen LogP contribution is 2.40. The number of nitrogens with two attached hydrogens (primary N) is 1. The summed E-state index contributed by atoms with van der Waals surface area (Å²) in [5.74, 6) is -0.775. The van der Waals surface area contributed by atoms with Crippen molar-refractivity contribution in [2.24, 2.45) is 5.92 Å². The zero-order valence-electron chi connectivity index (χ0n) is 14.0. The second-order valence-corrected chi connectivity index (χ2v) is 7.94. The number of nitrogens with zero attached hydrogens (tertiary/aromatic N) is 3. The molecule has 27 heavy (non-hydrogen) atoms. The summed E-state index contributed by atoms with van der Waals surface area (Å²) in [6.45, 7) is 0.139. The van der Waals surface area contributed by atoms with Crippen molar-refractivity contribution in [3.8, 4) is 10.6 Å². The van der Waals surface area contributed by atoms with Crippen molar-refractivity contribution in [1.82, 2.24) is 15.0 Å². The van der Waals surface area contributed by atoms with Crippen molar-refractivity contribution in [3.63, 3.8) is 0 Å². The van der Waals surface area contributed by atoms with Crippen LogP contribution in [-0.4, -0.2) is 32.7 Å². The number of fused-ring (bicyclic) bond motifs is 1. The molecule has 1 saturated carbocycles. The molecule has 2 aromatic heterocycles. The first kappa shape index (κ1) is 18.3. The van der Waals surface area contributed by atoms with E-state index in [1.54, 1.807) is 0 Å². The number of hydrogen-bond acceptors (Lipinski definition) is 7. The van der Waals surface area contributed by atoms with Crippen molar-refractivity contribution in [1.29, 1.82) is 0 Å².